The Hall–Kier alpha value is -2.98. The van der Waals surface area contributed by atoms with E-state index in [2.05, 4.69) is 69.0 Å². The van der Waals surface area contributed by atoms with E-state index in [1.807, 2.05) is 18.5 Å². The minimum absolute atomic E-state index is 0.754. The van der Waals surface area contributed by atoms with E-state index in [0.717, 1.165) is 24.3 Å². The topological polar surface area (TPSA) is 53.6 Å². The quantitative estimate of drug-likeness (QED) is 0.587. The minimum atomic E-state index is 0.754. The van der Waals surface area contributed by atoms with Gasteiger partial charge in [-0.3, -0.25) is 10.1 Å². The van der Waals surface area contributed by atoms with Gasteiger partial charge in [0.15, 0.2) is 0 Å². The summed E-state index contributed by atoms with van der Waals surface area (Å²) in [6.45, 7) is 1.54. The summed E-state index contributed by atoms with van der Waals surface area (Å²) in [5.41, 5.74) is 4.59. The molecule has 0 radical (unpaired) electrons. The van der Waals surface area contributed by atoms with Crippen molar-refractivity contribution in [2.45, 2.75) is 13.1 Å². The molecular formula is C20H18N4. The highest BCUT2D eigenvalue weighted by Gasteiger charge is 2.10. The Labute approximate surface area is 140 Å². The molecule has 0 unspecified atom stereocenters. The van der Waals surface area contributed by atoms with Crippen molar-refractivity contribution in [1.82, 2.24) is 20.5 Å². The first-order valence-corrected chi connectivity index (χ1v) is 8.02. The summed E-state index contributed by atoms with van der Waals surface area (Å²) in [7, 11) is 0. The van der Waals surface area contributed by atoms with Gasteiger partial charge in [0.2, 0.25) is 0 Å². The first-order chi connectivity index (χ1) is 11.9. The van der Waals surface area contributed by atoms with Crippen molar-refractivity contribution >= 4 is 10.8 Å². The number of benzene rings is 2. The SMILES string of the molecule is c1cncc(CNCc2cn[nH]c2-c2cccc3ccccc23)c1. The zero-order chi connectivity index (χ0) is 16.2. The number of H-pyrrole nitrogens is 1. The summed E-state index contributed by atoms with van der Waals surface area (Å²) in [6.07, 6.45) is 5.57. The van der Waals surface area contributed by atoms with Gasteiger partial charge in [-0.2, -0.15) is 5.10 Å². The van der Waals surface area contributed by atoms with Crippen LogP contribution in [-0.2, 0) is 13.1 Å². The molecule has 24 heavy (non-hydrogen) atoms. The van der Waals surface area contributed by atoms with Crippen LogP contribution in [0.25, 0.3) is 22.0 Å². The van der Waals surface area contributed by atoms with E-state index in [1.165, 1.54) is 21.9 Å². The van der Waals surface area contributed by atoms with Crippen molar-refractivity contribution in [3.8, 4) is 11.3 Å². The number of fused-ring (bicyclic) bond motifs is 1. The average molecular weight is 314 g/mol. The third kappa shape index (κ3) is 2.92. The summed E-state index contributed by atoms with van der Waals surface area (Å²) >= 11 is 0. The molecule has 0 amide bonds. The fourth-order valence-corrected chi connectivity index (χ4v) is 2.97. The molecule has 118 valence electrons. The zero-order valence-electron chi connectivity index (χ0n) is 13.2. The van der Waals surface area contributed by atoms with E-state index < -0.39 is 0 Å². The van der Waals surface area contributed by atoms with Crippen LogP contribution in [0.5, 0.6) is 0 Å². The standard InChI is InChI=1S/C20H18N4/c1-2-8-18-16(6-1)7-3-9-19(18)20-17(14-23-24-20)13-22-12-15-5-4-10-21-11-15/h1-11,14,22H,12-13H2,(H,23,24). The molecule has 2 heterocycles. The summed E-state index contributed by atoms with van der Waals surface area (Å²) in [6, 6.07) is 18.8. The van der Waals surface area contributed by atoms with Gasteiger partial charge in [-0.1, -0.05) is 48.5 Å². The average Bonchev–Trinajstić information content (AvgIpc) is 3.10. The van der Waals surface area contributed by atoms with Crippen molar-refractivity contribution in [3.05, 3.63) is 84.3 Å². The molecule has 0 aliphatic carbocycles. The van der Waals surface area contributed by atoms with Gasteiger partial charge in [0.25, 0.3) is 0 Å². The zero-order valence-corrected chi connectivity index (χ0v) is 13.2. The van der Waals surface area contributed by atoms with Crippen LogP contribution >= 0.6 is 0 Å². The third-order valence-corrected chi connectivity index (χ3v) is 4.14. The van der Waals surface area contributed by atoms with Gasteiger partial charge in [-0.05, 0) is 22.4 Å². The number of hydrogen-bond acceptors (Lipinski definition) is 3. The number of aromatic amines is 1. The van der Waals surface area contributed by atoms with Gasteiger partial charge < -0.3 is 5.32 Å². The number of rotatable bonds is 5. The molecule has 0 spiro atoms. The first-order valence-electron chi connectivity index (χ1n) is 8.02. The van der Waals surface area contributed by atoms with Crippen molar-refractivity contribution in [1.29, 1.82) is 0 Å². The second-order valence-corrected chi connectivity index (χ2v) is 5.76. The Morgan fingerprint density at radius 3 is 2.71 bits per heavy atom. The second-order valence-electron chi connectivity index (χ2n) is 5.76. The van der Waals surface area contributed by atoms with E-state index in [0.29, 0.717) is 0 Å². The number of hydrogen-bond donors (Lipinski definition) is 2. The lowest BCUT2D eigenvalue weighted by Gasteiger charge is -2.08. The van der Waals surface area contributed by atoms with Crippen LogP contribution in [0.1, 0.15) is 11.1 Å². The molecule has 2 aromatic heterocycles. The molecule has 4 nitrogen and oxygen atoms in total. The Morgan fingerprint density at radius 2 is 1.79 bits per heavy atom. The predicted octanol–water partition coefficient (Wildman–Crippen LogP) is 3.91. The van der Waals surface area contributed by atoms with E-state index in [4.69, 9.17) is 0 Å². The highest BCUT2D eigenvalue weighted by atomic mass is 15.1. The van der Waals surface area contributed by atoms with Crippen molar-refractivity contribution < 1.29 is 0 Å². The van der Waals surface area contributed by atoms with Crippen molar-refractivity contribution in [2.75, 3.05) is 0 Å². The highest BCUT2D eigenvalue weighted by molar-refractivity contribution is 5.96. The predicted molar refractivity (Wildman–Crippen MR) is 96.3 cm³/mol. The first kappa shape index (κ1) is 14.6. The summed E-state index contributed by atoms with van der Waals surface area (Å²) < 4.78 is 0. The van der Waals surface area contributed by atoms with Gasteiger partial charge in [0, 0.05) is 36.6 Å². The van der Waals surface area contributed by atoms with Crippen LogP contribution in [0.2, 0.25) is 0 Å². The molecule has 0 bridgehead atoms. The highest BCUT2D eigenvalue weighted by Crippen LogP contribution is 2.29. The largest absolute Gasteiger partial charge is 0.308 e. The lowest BCUT2D eigenvalue weighted by molar-refractivity contribution is 0.692. The Morgan fingerprint density at radius 1 is 0.875 bits per heavy atom. The Balaban J connectivity index is 1.58. The van der Waals surface area contributed by atoms with E-state index in [-0.39, 0.29) is 0 Å². The van der Waals surface area contributed by atoms with E-state index >= 15 is 0 Å². The molecule has 0 fully saturated rings. The third-order valence-electron chi connectivity index (χ3n) is 4.14. The molecule has 0 aliphatic rings. The molecule has 2 aromatic carbocycles. The minimum Gasteiger partial charge on any atom is -0.308 e. The van der Waals surface area contributed by atoms with E-state index in [1.54, 1.807) is 6.20 Å². The maximum absolute atomic E-state index is 4.25. The fourth-order valence-electron chi connectivity index (χ4n) is 2.97. The Bertz CT molecular complexity index is 939. The molecule has 0 saturated heterocycles. The lowest BCUT2D eigenvalue weighted by atomic mass is 10.00. The van der Waals surface area contributed by atoms with Crippen LogP contribution in [0.4, 0.5) is 0 Å². The number of pyridine rings is 1. The van der Waals surface area contributed by atoms with Crippen molar-refractivity contribution in [2.24, 2.45) is 0 Å². The lowest BCUT2D eigenvalue weighted by Crippen LogP contribution is -2.12. The van der Waals surface area contributed by atoms with Gasteiger partial charge in [-0.15, -0.1) is 0 Å². The molecule has 4 rings (SSSR count). The van der Waals surface area contributed by atoms with Crippen LogP contribution in [0.15, 0.2) is 73.2 Å². The van der Waals surface area contributed by atoms with Gasteiger partial charge >= 0.3 is 0 Å². The summed E-state index contributed by atoms with van der Waals surface area (Å²) in [4.78, 5) is 4.14. The number of nitrogens with zero attached hydrogens (tertiary/aromatic N) is 2. The van der Waals surface area contributed by atoms with Gasteiger partial charge in [0.1, 0.15) is 0 Å². The Kier molecular flexibility index (Phi) is 4.04. The maximum Gasteiger partial charge on any atom is 0.0701 e. The summed E-state index contributed by atoms with van der Waals surface area (Å²) in [5.74, 6) is 0. The van der Waals surface area contributed by atoms with Crippen LogP contribution in [0, 0.1) is 0 Å². The summed E-state index contributed by atoms with van der Waals surface area (Å²) in [5, 5.41) is 13.3. The second kappa shape index (κ2) is 6.64. The molecule has 0 atom stereocenters. The smallest absolute Gasteiger partial charge is 0.0701 e. The number of aromatic nitrogens is 3. The van der Waals surface area contributed by atoms with Crippen LogP contribution in [0.3, 0.4) is 0 Å². The molecule has 4 heteroatoms. The normalized spacial score (nSPS) is 11.0. The van der Waals surface area contributed by atoms with E-state index in [9.17, 15) is 0 Å². The molecule has 4 aromatic rings. The fraction of sp³-hybridized carbons (Fsp3) is 0.100. The molecular weight excluding hydrogens is 296 g/mol. The maximum atomic E-state index is 4.25. The number of nitrogens with one attached hydrogen (secondary N) is 2. The molecule has 0 saturated carbocycles. The monoisotopic (exact) mass is 314 g/mol. The van der Waals surface area contributed by atoms with Crippen LogP contribution < -0.4 is 5.32 Å². The van der Waals surface area contributed by atoms with Crippen LogP contribution in [-0.4, -0.2) is 15.2 Å². The molecule has 2 N–H and O–H groups in total. The van der Waals surface area contributed by atoms with Gasteiger partial charge in [-0.25, -0.2) is 0 Å². The van der Waals surface area contributed by atoms with Crippen molar-refractivity contribution in [3.63, 3.8) is 0 Å². The molecule has 0 aliphatic heterocycles. The van der Waals surface area contributed by atoms with Gasteiger partial charge in [0.05, 0.1) is 11.9 Å².